The van der Waals surface area contributed by atoms with Gasteiger partial charge in [0.1, 0.15) is 17.1 Å². The Kier molecular flexibility index (Phi) is 7.02. The molecule has 0 aliphatic carbocycles. The Morgan fingerprint density at radius 1 is 1.20 bits per heavy atom. The molecule has 35 heavy (non-hydrogen) atoms. The fourth-order valence-electron chi connectivity index (χ4n) is 4.52. The van der Waals surface area contributed by atoms with Gasteiger partial charge in [0.15, 0.2) is 11.5 Å². The topological polar surface area (TPSA) is 119 Å². The van der Waals surface area contributed by atoms with Gasteiger partial charge >= 0.3 is 0 Å². The number of imidazole rings is 1. The lowest BCUT2D eigenvalue weighted by Crippen LogP contribution is -2.48. The Morgan fingerprint density at radius 2 is 1.91 bits per heavy atom. The Morgan fingerprint density at radius 3 is 2.54 bits per heavy atom. The number of piperidine rings is 1. The number of nitrogens with one attached hydrogen (secondary N) is 2. The van der Waals surface area contributed by atoms with Gasteiger partial charge < -0.3 is 25.8 Å². The fraction of sp³-hybridized carbons (Fsp3) is 0.480. The number of carbonyl (C=O) groups excluding carboxylic acids is 1. The highest BCUT2D eigenvalue weighted by Gasteiger charge is 2.28. The average Bonchev–Trinajstić information content (AvgIpc) is 3.31. The third-order valence-corrected chi connectivity index (χ3v) is 6.42. The number of rotatable bonds is 8. The SMILES string of the molecule is COc1cc(Nc2nc(NCC3CCCN(C(C)(C)C)C3)n3ccnc3c2C(N)=O)cc(OC)c1. The van der Waals surface area contributed by atoms with Crippen molar-refractivity contribution in [2.45, 2.75) is 39.2 Å². The first-order valence-electron chi connectivity index (χ1n) is 11.9. The molecule has 0 spiro atoms. The highest BCUT2D eigenvalue weighted by molar-refractivity contribution is 6.04. The summed E-state index contributed by atoms with van der Waals surface area (Å²) in [6.07, 6.45) is 5.73. The number of likely N-dealkylation sites (tertiary alicyclic amines) is 1. The summed E-state index contributed by atoms with van der Waals surface area (Å²) >= 11 is 0. The van der Waals surface area contributed by atoms with Crippen molar-refractivity contribution in [1.82, 2.24) is 19.3 Å². The minimum atomic E-state index is -0.620. The van der Waals surface area contributed by atoms with Crippen molar-refractivity contribution in [2.75, 3.05) is 44.5 Å². The second-order valence-corrected chi connectivity index (χ2v) is 9.88. The summed E-state index contributed by atoms with van der Waals surface area (Å²) in [6, 6.07) is 5.35. The minimum absolute atomic E-state index is 0.145. The number of nitrogens with zero attached hydrogens (tertiary/aromatic N) is 4. The molecule has 1 fully saturated rings. The molecule has 1 unspecified atom stereocenters. The van der Waals surface area contributed by atoms with Gasteiger partial charge in [-0.15, -0.1) is 0 Å². The van der Waals surface area contributed by atoms with E-state index in [1.165, 1.54) is 6.42 Å². The van der Waals surface area contributed by atoms with E-state index in [9.17, 15) is 4.79 Å². The second kappa shape index (κ2) is 9.99. The summed E-state index contributed by atoms with van der Waals surface area (Å²) in [5.41, 5.74) is 7.19. The quantitative estimate of drug-likeness (QED) is 0.447. The average molecular weight is 482 g/mol. The molecule has 1 saturated heterocycles. The molecule has 0 radical (unpaired) electrons. The van der Waals surface area contributed by atoms with Crippen LogP contribution in [0.4, 0.5) is 17.5 Å². The third kappa shape index (κ3) is 5.43. The van der Waals surface area contributed by atoms with Gasteiger partial charge in [-0.2, -0.15) is 4.98 Å². The number of aromatic nitrogens is 3. The summed E-state index contributed by atoms with van der Waals surface area (Å²) in [7, 11) is 3.16. The van der Waals surface area contributed by atoms with Crippen LogP contribution in [-0.2, 0) is 0 Å². The Bertz CT molecular complexity index is 1180. The van der Waals surface area contributed by atoms with Crippen LogP contribution < -0.4 is 25.8 Å². The zero-order chi connectivity index (χ0) is 25.2. The lowest BCUT2D eigenvalue weighted by atomic mass is 9.93. The number of ether oxygens (including phenoxy) is 2. The lowest BCUT2D eigenvalue weighted by Gasteiger charge is -2.41. The molecule has 4 rings (SSSR count). The number of carbonyl (C=O) groups is 1. The highest BCUT2D eigenvalue weighted by atomic mass is 16.5. The smallest absolute Gasteiger partial charge is 0.256 e. The molecular formula is C25H35N7O3. The van der Waals surface area contributed by atoms with Crippen LogP contribution in [-0.4, -0.2) is 64.6 Å². The van der Waals surface area contributed by atoms with Gasteiger partial charge in [0.05, 0.1) is 14.2 Å². The van der Waals surface area contributed by atoms with Gasteiger partial charge in [0, 0.05) is 54.9 Å². The van der Waals surface area contributed by atoms with Crippen molar-refractivity contribution in [3.8, 4) is 11.5 Å². The summed E-state index contributed by atoms with van der Waals surface area (Å²) in [4.78, 5) is 24.1. The van der Waals surface area contributed by atoms with Crippen LogP contribution in [0.1, 0.15) is 44.0 Å². The Hall–Kier alpha value is -3.53. The molecule has 0 bridgehead atoms. The van der Waals surface area contributed by atoms with Crippen LogP contribution in [0.15, 0.2) is 30.6 Å². The maximum Gasteiger partial charge on any atom is 0.256 e. The number of anilines is 3. The van der Waals surface area contributed by atoms with E-state index >= 15 is 0 Å². The molecule has 3 aromatic rings. The molecule has 3 heterocycles. The summed E-state index contributed by atoms with van der Waals surface area (Å²) in [5, 5.41) is 6.71. The molecule has 188 valence electrons. The van der Waals surface area contributed by atoms with Crippen molar-refractivity contribution >= 4 is 29.0 Å². The zero-order valence-electron chi connectivity index (χ0n) is 21.1. The predicted molar refractivity (Wildman–Crippen MR) is 137 cm³/mol. The second-order valence-electron chi connectivity index (χ2n) is 9.88. The van der Waals surface area contributed by atoms with E-state index in [1.54, 1.807) is 49.2 Å². The first kappa shape index (κ1) is 24.6. The summed E-state index contributed by atoms with van der Waals surface area (Å²) in [6.45, 7) is 9.68. The van der Waals surface area contributed by atoms with Gasteiger partial charge in [-0.1, -0.05) is 0 Å². The van der Waals surface area contributed by atoms with E-state index < -0.39 is 5.91 Å². The van der Waals surface area contributed by atoms with Crippen LogP contribution in [0.3, 0.4) is 0 Å². The van der Waals surface area contributed by atoms with Crippen molar-refractivity contribution in [2.24, 2.45) is 11.7 Å². The van der Waals surface area contributed by atoms with Crippen molar-refractivity contribution in [3.63, 3.8) is 0 Å². The maximum absolute atomic E-state index is 12.4. The molecule has 0 saturated carbocycles. The number of nitrogens with two attached hydrogens (primary N) is 1. The number of amides is 1. The number of hydrogen-bond donors (Lipinski definition) is 3. The Balaban J connectivity index is 1.65. The fourth-order valence-corrected chi connectivity index (χ4v) is 4.52. The van der Waals surface area contributed by atoms with E-state index in [0.717, 1.165) is 26.1 Å². The molecule has 1 atom stereocenters. The molecule has 10 heteroatoms. The van der Waals surface area contributed by atoms with Crippen molar-refractivity contribution in [3.05, 3.63) is 36.2 Å². The molecule has 1 aliphatic heterocycles. The molecule has 4 N–H and O–H groups in total. The van der Waals surface area contributed by atoms with Gasteiger partial charge in [-0.25, -0.2) is 4.98 Å². The number of hydrogen-bond acceptors (Lipinski definition) is 8. The van der Waals surface area contributed by atoms with Crippen LogP contribution in [0, 0.1) is 5.92 Å². The normalized spacial score (nSPS) is 16.8. The lowest BCUT2D eigenvalue weighted by molar-refractivity contribution is 0.0826. The molecule has 1 aromatic carbocycles. The minimum Gasteiger partial charge on any atom is -0.497 e. The van der Waals surface area contributed by atoms with Crippen molar-refractivity contribution in [1.29, 1.82) is 0 Å². The molecule has 1 aliphatic rings. The van der Waals surface area contributed by atoms with E-state index in [1.807, 2.05) is 0 Å². The van der Waals surface area contributed by atoms with E-state index in [2.05, 4.69) is 41.3 Å². The summed E-state index contributed by atoms with van der Waals surface area (Å²) in [5.74, 6) is 1.98. The molecule has 1 amide bonds. The van der Waals surface area contributed by atoms with Gasteiger partial charge in [-0.05, 0) is 46.1 Å². The largest absolute Gasteiger partial charge is 0.497 e. The molecular weight excluding hydrogens is 446 g/mol. The van der Waals surface area contributed by atoms with Crippen molar-refractivity contribution < 1.29 is 14.3 Å². The number of fused-ring (bicyclic) bond motifs is 1. The standard InChI is InChI=1S/C25H35N7O3/c1-25(2,3)31-9-6-7-16(15-31)14-28-24-30-22(20(21(26)33)23-27-8-10-32(23)24)29-17-11-18(34-4)13-19(12-17)35-5/h8,10-13,16,29H,6-7,9,14-15H2,1-5H3,(H2,26,33)(H,28,30). The first-order chi connectivity index (χ1) is 16.7. The Labute approximate surface area is 205 Å². The van der Waals surface area contributed by atoms with E-state index in [-0.39, 0.29) is 11.1 Å². The van der Waals surface area contributed by atoms with E-state index in [4.69, 9.17) is 20.2 Å². The molecule has 2 aromatic heterocycles. The summed E-state index contributed by atoms with van der Waals surface area (Å²) < 4.78 is 12.5. The van der Waals surface area contributed by atoms with Crippen LogP contribution >= 0.6 is 0 Å². The monoisotopic (exact) mass is 481 g/mol. The van der Waals surface area contributed by atoms with Crippen LogP contribution in [0.5, 0.6) is 11.5 Å². The van der Waals surface area contributed by atoms with Gasteiger partial charge in [0.2, 0.25) is 5.95 Å². The first-order valence-corrected chi connectivity index (χ1v) is 11.9. The highest BCUT2D eigenvalue weighted by Crippen LogP contribution is 2.31. The molecule has 10 nitrogen and oxygen atoms in total. The number of primary amides is 1. The zero-order valence-corrected chi connectivity index (χ0v) is 21.1. The van der Waals surface area contributed by atoms with Gasteiger partial charge in [0.25, 0.3) is 5.91 Å². The van der Waals surface area contributed by atoms with E-state index in [0.29, 0.717) is 40.5 Å². The predicted octanol–water partition coefficient (Wildman–Crippen LogP) is 3.51. The van der Waals surface area contributed by atoms with Crippen LogP contribution in [0.25, 0.3) is 5.65 Å². The number of benzene rings is 1. The van der Waals surface area contributed by atoms with Gasteiger partial charge in [-0.3, -0.25) is 14.1 Å². The van der Waals surface area contributed by atoms with Crippen LogP contribution in [0.2, 0.25) is 0 Å². The third-order valence-electron chi connectivity index (χ3n) is 6.42. The number of methoxy groups -OCH3 is 2. The maximum atomic E-state index is 12.4.